The number of ether oxygens (including phenoxy) is 1. The molecule has 0 saturated carbocycles. The molecule has 7 heteroatoms. The summed E-state index contributed by atoms with van der Waals surface area (Å²) >= 11 is 0. The Kier molecular flexibility index (Phi) is 8.95. The van der Waals surface area contributed by atoms with Crippen LogP contribution >= 0.6 is 0 Å². The van der Waals surface area contributed by atoms with Gasteiger partial charge in [-0.05, 0) is 12.8 Å². The van der Waals surface area contributed by atoms with Gasteiger partial charge in [-0.1, -0.05) is 13.8 Å². The van der Waals surface area contributed by atoms with Crippen molar-refractivity contribution in [2.75, 3.05) is 46.2 Å². The van der Waals surface area contributed by atoms with Gasteiger partial charge < -0.3 is 9.64 Å². The summed E-state index contributed by atoms with van der Waals surface area (Å²) in [6.07, 6.45) is 2.84. The Bertz CT molecular complexity index is 351. The van der Waals surface area contributed by atoms with Crippen LogP contribution in [0.5, 0.6) is 0 Å². The van der Waals surface area contributed by atoms with Crippen molar-refractivity contribution in [1.82, 2.24) is 9.21 Å². The number of rotatable bonds is 10. The normalized spacial score (nSPS) is 11.8. The van der Waals surface area contributed by atoms with Gasteiger partial charge in [-0.3, -0.25) is 4.79 Å². The molecule has 1 amide bonds. The van der Waals surface area contributed by atoms with E-state index in [0.29, 0.717) is 13.1 Å². The van der Waals surface area contributed by atoms with Crippen molar-refractivity contribution in [3.05, 3.63) is 0 Å². The standard InChI is InChI=1S/C12H26N2O4S/c1-5-7-13(8-6-2)12(15)11-14(9-10-18-3)19(4,16)17/h5-11H2,1-4H3. The minimum atomic E-state index is -3.39. The molecule has 19 heavy (non-hydrogen) atoms. The third-order valence-corrected chi connectivity index (χ3v) is 3.91. The maximum absolute atomic E-state index is 12.1. The Labute approximate surface area is 116 Å². The average molecular weight is 294 g/mol. The van der Waals surface area contributed by atoms with Crippen molar-refractivity contribution in [3.63, 3.8) is 0 Å². The molecule has 0 rings (SSSR count). The lowest BCUT2D eigenvalue weighted by Crippen LogP contribution is -2.44. The van der Waals surface area contributed by atoms with Crippen LogP contribution in [0.2, 0.25) is 0 Å². The van der Waals surface area contributed by atoms with Crippen LogP contribution in [0, 0.1) is 0 Å². The van der Waals surface area contributed by atoms with E-state index in [4.69, 9.17) is 4.74 Å². The highest BCUT2D eigenvalue weighted by molar-refractivity contribution is 7.88. The summed E-state index contributed by atoms with van der Waals surface area (Å²) < 4.78 is 29.3. The van der Waals surface area contributed by atoms with Crippen molar-refractivity contribution in [2.24, 2.45) is 0 Å². The number of hydrogen-bond acceptors (Lipinski definition) is 4. The fourth-order valence-corrected chi connectivity index (χ4v) is 2.46. The summed E-state index contributed by atoms with van der Waals surface area (Å²) in [7, 11) is -1.89. The minimum absolute atomic E-state index is 0.109. The number of hydrogen-bond donors (Lipinski definition) is 0. The predicted molar refractivity (Wildman–Crippen MR) is 75.5 cm³/mol. The van der Waals surface area contributed by atoms with E-state index in [2.05, 4.69) is 0 Å². The van der Waals surface area contributed by atoms with Gasteiger partial charge in [-0.15, -0.1) is 0 Å². The van der Waals surface area contributed by atoms with Crippen LogP contribution in [0.25, 0.3) is 0 Å². The van der Waals surface area contributed by atoms with Crippen molar-refractivity contribution >= 4 is 15.9 Å². The van der Waals surface area contributed by atoms with E-state index >= 15 is 0 Å². The molecule has 0 unspecified atom stereocenters. The quantitative estimate of drug-likeness (QED) is 0.590. The van der Waals surface area contributed by atoms with Gasteiger partial charge in [0.25, 0.3) is 0 Å². The molecule has 0 radical (unpaired) electrons. The Balaban J connectivity index is 4.67. The number of carbonyl (C=O) groups is 1. The van der Waals surface area contributed by atoms with Crippen LogP contribution in [0.3, 0.4) is 0 Å². The molecule has 0 bridgehead atoms. The fraction of sp³-hybridized carbons (Fsp3) is 0.917. The zero-order valence-electron chi connectivity index (χ0n) is 12.4. The zero-order chi connectivity index (χ0) is 14.9. The van der Waals surface area contributed by atoms with Crippen LogP contribution < -0.4 is 0 Å². The molecular formula is C12H26N2O4S. The van der Waals surface area contributed by atoms with E-state index < -0.39 is 10.0 Å². The Morgan fingerprint density at radius 2 is 1.63 bits per heavy atom. The first-order chi connectivity index (χ1) is 8.86. The predicted octanol–water partition coefficient (Wildman–Crippen LogP) is 0.543. The lowest BCUT2D eigenvalue weighted by molar-refractivity contribution is -0.131. The van der Waals surface area contributed by atoms with Gasteiger partial charge in [0.05, 0.1) is 19.4 Å². The van der Waals surface area contributed by atoms with Crippen LogP contribution in [-0.4, -0.2) is 69.7 Å². The Morgan fingerprint density at radius 1 is 1.11 bits per heavy atom. The molecule has 0 aromatic heterocycles. The van der Waals surface area contributed by atoms with E-state index in [9.17, 15) is 13.2 Å². The molecule has 114 valence electrons. The summed E-state index contributed by atoms with van der Waals surface area (Å²) in [6.45, 7) is 5.69. The molecule has 0 saturated heterocycles. The van der Waals surface area contributed by atoms with Gasteiger partial charge in [-0.25, -0.2) is 8.42 Å². The van der Waals surface area contributed by atoms with Gasteiger partial charge in [0.15, 0.2) is 0 Å². The van der Waals surface area contributed by atoms with Gasteiger partial charge in [0.1, 0.15) is 0 Å². The molecule has 0 aromatic carbocycles. The summed E-state index contributed by atoms with van der Waals surface area (Å²) in [4.78, 5) is 13.8. The Morgan fingerprint density at radius 3 is 2.00 bits per heavy atom. The van der Waals surface area contributed by atoms with Gasteiger partial charge in [0.2, 0.25) is 15.9 Å². The molecule has 0 aliphatic rings. The second-order valence-electron chi connectivity index (χ2n) is 4.47. The number of nitrogens with zero attached hydrogens (tertiary/aromatic N) is 2. The van der Waals surface area contributed by atoms with Gasteiger partial charge >= 0.3 is 0 Å². The molecule has 0 fully saturated rings. The molecule has 0 heterocycles. The maximum atomic E-state index is 12.1. The van der Waals surface area contributed by atoms with Crippen LogP contribution in [0.15, 0.2) is 0 Å². The maximum Gasteiger partial charge on any atom is 0.237 e. The SMILES string of the molecule is CCCN(CCC)C(=O)CN(CCOC)S(C)(=O)=O. The van der Waals surface area contributed by atoms with E-state index in [1.807, 2.05) is 13.8 Å². The van der Waals surface area contributed by atoms with E-state index in [1.54, 1.807) is 4.90 Å². The van der Waals surface area contributed by atoms with Crippen molar-refractivity contribution in [3.8, 4) is 0 Å². The lowest BCUT2D eigenvalue weighted by Gasteiger charge is -2.25. The number of methoxy groups -OCH3 is 1. The topological polar surface area (TPSA) is 66.9 Å². The van der Waals surface area contributed by atoms with Crippen LogP contribution in [0.4, 0.5) is 0 Å². The smallest absolute Gasteiger partial charge is 0.237 e. The second-order valence-corrected chi connectivity index (χ2v) is 6.45. The largest absolute Gasteiger partial charge is 0.383 e. The third kappa shape index (κ3) is 7.49. The third-order valence-electron chi connectivity index (χ3n) is 2.67. The first-order valence-electron chi connectivity index (χ1n) is 6.58. The van der Waals surface area contributed by atoms with Crippen LogP contribution in [0.1, 0.15) is 26.7 Å². The molecule has 0 aromatic rings. The molecule has 0 N–H and O–H groups in total. The average Bonchev–Trinajstić information content (AvgIpc) is 2.32. The summed E-state index contributed by atoms with van der Waals surface area (Å²) in [5, 5.41) is 0. The van der Waals surface area contributed by atoms with Crippen molar-refractivity contribution in [2.45, 2.75) is 26.7 Å². The fourth-order valence-electron chi connectivity index (χ4n) is 1.71. The Hall–Kier alpha value is -0.660. The van der Waals surface area contributed by atoms with Crippen molar-refractivity contribution in [1.29, 1.82) is 0 Å². The van der Waals surface area contributed by atoms with E-state index in [-0.39, 0.29) is 25.6 Å². The highest BCUT2D eigenvalue weighted by Gasteiger charge is 2.22. The van der Waals surface area contributed by atoms with Gasteiger partial charge in [-0.2, -0.15) is 4.31 Å². The van der Waals surface area contributed by atoms with Gasteiger partial charge in [0, 0.05) is 26.7 Å². The molecule has 0 aliphatic heterocycles. The molecular weight excluding hydrogens is 268 g/mol. The number of carbonyl (C=O) groups excluding carboxylic acids is 1. The first kappa shape index (κ1) is 18.3. The van der Waals surface area contributed by atoms with E-state index in [0.717, 1.165) is 23.4 Å². The highest BCUT2D eigenvalue weighted by atomic mass is 32.2. The molecule has 0 aliphatic carbocycles. The minimum Gasteiger partial charge on any atom is -0.383 e. The molecule has 0 atom stereocenters. The first-order valence-corrected chi connectivity index (χ1v) is 8.43. The summed E-state index contributed by atoms with van der Waals surface area (Å²) in [6, 6.07) is 0. The second kappa shape index (κ2) is 9.28. The summed E-state index contributed by atoms with van der Waals surface area (Å²) in [5.74, 6) is -0.148. The molecule has 6 nitrogen and oxygen atoms in total. The monoisotopic (exact) mass is 294 g/mol. The number of sulfonamides is 1. The zero-order valence-corrected chi connectivity index (χ0v) is 13.2. The highest BCUT2D eigenvalue weighted by Crippen LogP contribution is 2.02. The molecule has 0 spiro atoms. The van der Waals surface area contributed by atoms with E-state index in [1.165, 1.54) is 7.11 Å². The number of amides is 1. The summed E-state index contributed by atoms with van der Waals surface area (Å²) in [5.41, 5.74) is 0. The van der Waals surface area contributed by atoms with Crippen molar-refractivity contribution < 1.29 is 17.9 Å². The van der Waals surface area contributed by atoms with Crippen LogP contribution in [-0.2, 0) is 19.6 Å². The lowest BCUT2D eigenvalue weighted by atomic mass is 10.3.